The summed E-state index contributed by atoms with van der Waals surface area (Å²) in [7, 11) is 1.69. The van der Waals surface area contributed by atoms with Gasteiger partial charge in [0.05, 0.1) is 12.8 Å². The first-order valence-corrected chi connectivity index (χ1v) is 7.42. The molecule has 5 heteroatoms. The Bertz CT molecular complexity index is 587. The smallest absolute Gasteiger partial charge is 0.144 e. The van der Waals surface area contributed by atoms with E-state index in [2.05, 4.69) is 16.1 Å². The second-order valence-electron chi connectivity index (χ2n) is 5.52. The fourth-order valence-electron chi connectivity index (χ4n) is 2.81. The van der Waals surface area contributed by atoms with Gasteiger partial charge in [0.25, 0.3) is 0 Å². The number of rotatable bonds is 4. The average Bonchev–Trinajstić information content (AvgIpc) is 2.97. The Hall–Kier alpha value is -1.85. The van der Waals surface area contributed by atoms with Crippen LogP contribution in [0.25, 0.3) is 5.69 Å². The van der Waals surface area contributed by atoms with Gasteiger partial charge in [-0.05, 0) is 31.0 Å². The fourth-order valence-corrected chi connectivity index (χ4v) is 2.81. The quantitative estimate of drug-likeness (QED) is 0.931. The maximum Gasteiger partial charge on any atom is 0.144 e. The van der Waals surface area contributed by atoms with Crippen LogP contribution in [0, 0.1) is 0 Å². The molecule has 2 aromatic rings. The zero-order chi connectivity index (χ0) is 14.7. The summed E-state index contributed by atoms with van der Waals surface area (Å²) in [6.45, 7) is 3.00. The molecule has 1 aromatic carbocycles. The van der Waals surface area contributed by atoms with Crippen LogP contribution < -0.4 is 10.5 Å². The SMILES string of the molecule is COc1ccccc1-n1nccc1CN1CCC(N)CC1. The lowest BCUT2D eigenvalue weighted by Crippen LogP contribution is -2.39. The van der Waals surface area contributed by atoms with Crippen LogP contribution in [0.4, 0.5) is 0 Å². The molecule has 5 nitrogen and oxygen atoms in total. The molecule has 112 valence electrons. The first kappa shape index (κ1) is 14.1. The van der Waals surface area contributed by atoms with E-state index < -0.39 is 0 Å². The van der Waals surface area contributed by atoms with Crippen LogP contribution in [0.15, 0.2) is 36.5 Å². The third-order valence-corrected chi connectivity index (χ3v) is 4.05. The maximum atomic E-state index is 5.97. The van der Waals surface area contributed by atoms with Gasteiger partial charge in [-0.3, -0.25) is 4.90 Å². The van der Waals surface area contributed by atoms with Crippen LogP contribution in [0.1, 0.15) is 18.5 Å². The van der Waals surface area contributed by atoms with Gasteiger partial charge in [0, 0.05) is 31.9 Å². The highest BCUT2D eigenvalue weighted by Gasteiger charge is 2.18. The molecule has 0 bridgehead atoms. The molecule has 0 saturated carbocycles. The number of ether oxygens (including phenoxy) is 1. The van der Waals surface area contributed by atoms with E-state index in [1.54, 1.807) is 7.11 Å². The lowest BCUT2D eigenvalue weighted by molar-refractivity contribution is 0.202. The molecule has 0 radical (unpaired) electrons. The number of para-hydroxylation sites is 2. The van der Waals surface area contributed by atoms with Crippen molar-refractivity contribution < 1.29 is 4.74 Å². The number of nitrogens with zero attached hydrogens (tertiary/aromatic N) is 3. The number of piperidine rings is 1. The van der Waals surface area contributed by atoms with Crippen LogP contribution in [0.5, 0.6) is 5.75 Å². The standard InChI is InChI=1S/C16H22N4O/c1-21-16-5-3-2-4-15(16)20-14(6-9-18-20)12-19-10-7-13(17)8-11-19/h2-6,9,13H,7-8,10-12,17H2,1H3. The Morgan fingerprint density at radius 1 is 1.24 bits per heavy atom. The average molecular weight is 286 g/mol. The Balaban J connectivity index is 1.81. The minimum Gasteiger partial charge on any atom is -0.494 e. The van der Waals surface area contributed by atoms with E-state index >= 15 is 0 Å². The monoisotopic (exact) mass is 286 g/mol. The van der Waals surface area contributed by atoms with Gasteiger partial charge in [0.15, 0.2) is 0 Å². The summed E-state index contributed by atoms with van der Waals surface area (Å²) in [4.78, 5) is 2.44. The highest BCUT2D eigenvalue weighted by Crippen LogP contribution is 2.23. The van der Waals surface area contributed by atoms with Crippen LogP contribution in [-0.4, -0.2) is 40.9 Å². The van der Waals surface area contributed by atoms with Gasteiger partial charge in [-0.1, -0.05) is 12.1 Å². The molecule has 3 rings (SSSR count). The third kappa shape index (κ3) is 3.09. The van der Waals surface area contributed by atoms with Gasteiger partial charge in [-0.15, -0.1) is 0 Å². The molecule has 0 atom stereocenters. The van der Waals surface area contributed by atoms with Crippen molar-refractivity contribution in [1.29, 1.82) is 0 Å². The van der Waals surface area contributed by atoms with Crippen LogP contribution in [-0.2, 0) is 6.54 Å². The Morgan fingerprint density at radius 2 is 2.00 bits per heavy atom. The van der Waals surface area contributed by atoms with Crippen LogP contribution in [0.2, 0.25) is 0 Å². The summed E-state index contributed by atoms with van der Waals surface area (Å²) in [6, 6.07) is 10.4. The number of nitrogens with two attached hydrogens (primary N) is 1. The van der Waals surface area contributed by atoms with Crippen molar-refractivity contribution >= 4 is 0 Å². The molecule has 0 spiro atoms. The Morgan fingerprint density at radius 3 is 2.76 bits per heavy atom. The molecule has 2 N–H and O–H groups in total. The summed E-state index contributed by atoms with van der Waals surface area (Å²) >= 11 is 0. The van der Waals surface area contributed by atoms with Crippen molar-refractivity contribution in [3.63, 3.8) is 0 Å². The van der Waals surface area contributed by atoms with Crippen molar-refractivity contribution in [2.45, 2.75) is 25.4 Å². The molecule has 0 aliphatic carbocycles. The van der Waals surface area contributed by atoms with Crippen molar-refractivity contribution in [3.8, 4) is 11.4 Å². The van der Waals surface area contributed by atoms with Crippen molar-refractivity contribution in [1.82, 2.24) is 14.7 Å². The van der Waals surface area contributed by atoms with E-state index in [4.69, 9.17) is 10.5 Å². The largest absolute Gasteiger partial charge is 0.494 e. The first-order valence-electron chi connectivity index (χ1n) is 7.42. The predicted octanol–water partition coefficient (Wildman–Crippen LogP) is 1.80. The first-order chi connectivity index (χ1) is 10.3. The fraction of sp³-hybridized carbons (Fsp3) is 0.438. The molecule has 1 aliphatic heterocycles. The van der Waals surface area contributed by atoms with Crippen LogP contribution >= 0.6 is 0 Å². The summed E-state index contributed by atoms with van der Waals surface area (Å²) in [6.07, 6.45) is 3.99. The highest BCUT2D eigenvalue weighted by molar-refractivity contribution is 5.46. The summed E-state index contributed by atoms with van der Waals surface area (Å²) < 4.78 is 7.40. The number of aromatic nitrogens is 2. The number of methoxy groups -OCH3 is 1. The molecule has 1 aliphatic rings. The second-order valence-corrected chi connectivity index (χ2v) is 5.52. The summed E-state index contributed by atoms with van der Waals surface area (Å²) in [5, 5.41) is 4.46. The van der Waals surface area contributed by atoms with Gasteiger partial charge >= 0.3 is 0 Å². The van der Waals surface area contributed by atoms with Crippen molar-refractivity contribution in [2.24, 2.45) is 5.73 Å². The Kier molecular flexibility index (Phi) is 4.22. The van der Waals surface area contributed by atoms with E-state index in [1.807, 2.05) is 35.1 Å². The van der Waals surface area contributed by atoms with Gasteiger partial charge in [-0.25, -0.2) is 4.68 Å². The lowest BCUT2D eigenvalue weighted by atomic mass is 10.1. The van der Waals surface area contributed by atoms with E-state index in [-0.39, 0.29) is 0 Å². The van der Waals surface area contributed by atoms with E-state index in [9.17, 15) is 0 Å². The molecule has 0 amide bonds. The topological polar surface area (TPSA) is 56.3 Å². The molecular weight excluding hydrogens is 264 g/mol. The summed E-state index contributed by atoms with van der Waals surface area (Å²) in [5.74, 6) is 0.836. The van der Waals surface area contributed by atoms with E-state index in [0.717, 1.165) is 43.9 Å². The molecule has 0 unspecified atom stereocenters. The lowest BCUT2D eigenvalue weighted by Gasteiger charge is -2.30. The van der Waals surface area contributed by atoms with Gasteiger partial charge < -0.3 is 10.5 Å². The molecule has 1 fully saturated rings. The zero-order valence-electron chi connectivity index (χ0n) is 12.4. The molecule has 1 aromatic heterocycles. The molecule has 2 heterocycles. The maximum absolute atomic E-state index is 5.97. The number of hydrogen-bond acceptors (Lipinski definition) is 4. The predicted molar refractivity (Wildman–Crippen MR) is 82.6 cm³/mol. The molecule has 1 saturated heterocycles. The summed E-state index contributed by atoms with van der Waals surface area (Å²) in [5.41, 5.74) is 8.12. The van der Waals surface area contributed by atoms with Gasteiger partial charge in [0.1, 0.15) is 11.4 Å². The minimum absolute atomic E-state index is 0.361. The van der Waals surface area contributed by atoms with Crippen molar-refractivity contribution in [2.75, 3.05) is 20.2 Å². The van der Waals surface area contributed by atoms with Gasteiger partial charge in [0.2, 0.25) is 0 Å². The van der Waals surface area contributed by atoms with Gasteiger partial charge in [-0.2, -0.15) is 5.10 Å². The zero-order valence-corrected chi connectivity index (χ0v) is 12.4. The Labute approximate surface area is 125 Å². The molecular formula is C16H22N4O. The highest BCUT2D eigenvalue weighted by atomic mass is 16.5. The second kappa shape index (κ2) is 6.28. The van der Waals surface area contributed by atoms with Crippen LogP contribution in [0.3, 0.4) is 0 Å². The molecule has 21 heavy (non-hydrogen) atoms. The number of likely N-dealkylation sites (tertiary alicyclic amines) is 1. The van der Waals surface area contributed by atoms with E-state index in [1.165, 1.54) is 5.69 Å². The number of hydrogen-bond donors (Lipinski definition) is 1. The minimum atomic E-state index is 0.361. The van der Waals surface area contributed by atoms with E-state index in [0.29, 0.717) is 6.04 Å². The van der Waals surface area contributed by atoms with Crippen molar-refractivity contribution in [3.05, 3.63) is 42.2 Å². The normalized spacial score (nSPS) is 17.0. The number of benzene rings is 1. The third-order valence-electron chi connectivity index (χ3n) is 4.05.